The van der Waals surface area contributed by atoms with Crippen LogP contribution < -0.4 is 0 Å². The van der Waals surface area contributed by atoms with E-state index < -0.39 is 0 Å². The summed E-state index contributed by atoms with van der Waals surface area (Å²) in [6.45, 7) is 8.15. The van der Waals surface area contributed by atoms with Crippen LogP contribution in [0.5, 0.6) is 0 Å². The molecule has 1 saturated heterocycles. The molecule has 1 aromatic heterocycles. The molecule has 5 nitrogen and oxygen atoms in total. The Morgan fingerprint density at radius 3 is 2.83 bits per heavy atom. The number of amides is 1. The zero-order chi connectivity index (χ0) is 13.2. The van der Waals surface area contributed by atoms with E-state index in [9.17, 15) is 4.79 Å². The fourth-order valence-electron chi connectivity index (χ4n) is 2.32. The number of aromatic amines is 1. The van der Waals surface area contributed by atoms with E-state index in [4.69, 9.17) is 0 Å². The molecule has 1 fully saturated rings. The summed E-state index contributed by atoms with van der Waals surface area (Å²) in [5, 5.41) is 6.80. The largest absolute Gasteiger partial charge is 0.336 e. The Morgan fingerprint density at radius 1 is 1.39 bits per heavy atom. The number of carbonyl (C=O) groups is 1. The number of hydrogen-bond donors (Lipinski definition) is 1. The molecular formula is C13H22N4O. The summed E-state index contributed by atoms with van der Waals surface area (Å²) in [5.74, 6) is 1.05. The molecule has 1 amide bonds. The van der Waals surface area contributed by atoms with Gasteiger partial charge in [-0.2, -0.15) is 0 Å². The SMILES string of the molecule is CCc1nc(C(=O)N2CCCC(C)(C)CC2)n[nH]1. The molecule has 0 radical (unpaired) electrons. The van der Waals surface area contributed by atoms with E-state index in [0.29, 0.717) is 11.2 Å². The Bertz CT molecular complexity index is 424. The molecule has 2 rings (SSSR count). The fraction of sp³-hybridized carbons (Fsp3) is 0.769. The highest BCUT2D eigenvalue weighted by Gasteiger charge is 2.27. The van der Waals surface area contributed by atoms with E-state index in [2.05, 4.69) is 29.0 Å². The molecule has 100 valence electrons. The van der Waals surface area contributed by atoms with Crippen molar-refractivity contribution in [2.45, 2.75) is 46.5 Å². The molecule has 1 N–H and O–H groups in total. The third-order valence-corrected chi connectivity index (χ3v) is 3.69. The molecule has 0 atom stereocenters. The first-order valence-electron chi connectivity index (χ1n) is 6.72. The lowest BCUT2D eigenvalue weighted by Crippen LogP contribution is -2.33. The van der Waals surface area contributed by atoms with Crippen molar-refractivity contribution in [3.8, 4) is 0 Å². The summed E-state index contributed by atoms with van der Waals surface area (Å²) in [6.07, 6.45) is 4.05. The molecule has 1 aliphatic heterocycles. The average molecular weight is 250 g/mol. The lowest BCUT2D eigenvalue weighted by molar-refractivity contribution is 0.0745. The van der Waals surface area contributed by atoms with E-state index in [1.165, 1.54) is 6.42 Å². The summed E-state index contributed by atoms with van der Waals surface area (Å²) < 4.78 is 0. The van der Waals surface area contributed by atoms with Crippen molar-refractivity contribution in [1.29, 1.82) is 0 Å². The molecule has 5 heteroatoms. The van der Waals surface area contributed by atoms with Gasteiger partial charge in [0.2, 0.25) is 5.82 Å². The van der Waals surface area contributed by atoms with Crippen LogP contribution in [0.25, 0.3) is 0 Å². The third-order valence-electron chi connectivity index (χ3n) is 3.69. The van der Waals surface area contributed by atoms with Crippen LogP contribution in [0.15, 0.2) is 0 Å². The molecule has 0 saturated carbocycles. The van der Waals surface area contributed by atoms with Gasteiger partial charge in [-0.05, 0) is 24.7 Å². The molecule has 0 bridgehead atoms. The summed E-state index contributed by atoms with van der Waals surface area (Å²) >= 11 is 0. The topological polar surface area (TPSA) is 61.9 Å². The number of rotatable bonds is 2. The third kappa shape index (κ3) is 2.89. The maximum atomic E-state index is 12.3. The second kappa shape index (κ2) is 5.08. The average Bonchev–Trinajstić information content (AvgIpc) is 2.74. The molecule has 2 heterocycles. The highest BCUT2D eigenvalue weighted by Crippen LogP contribution is 2.29. The quantitative estimate of drug-likeness (QED) is 0.873. The van der Waals surface area contributed by atoms with Crippen molar-refractivity contribution in [2.24, 2.45) is 5.41 Å². The summed E-state index contributed by atoms with van der Waals surface area (Å²) in [4.78, 5) is 18.4. The van der Waals surface area contributed by atoms with Crippen molar-refractivity contribution in [3.05, 3.63) is 11.6 Å². The minimum absolute atomic E-state index is 0.0383. The van der Waals surface area contributed by atoms with Crippen molar-refractivity contribution < 1.29 is 4.79 Å². The highest BCUT2D eigenvalue weighted by atomic mass is 16.2. The van der Waals surface area contributed by atoms with Gasteiger partial charge in [-0.1, -0.05) is 20.8 Å². The Labute approximate surface area is 108 Å². The molecule has 1 aromatic rings. The van der Waals surface area contributed by atoms with Crippen molar-refractivity contribution in [3.63, 3.8) is 0 Å². The fourth-order valence-corrected chi connectivity index (χ4v) is 2.32. The van der Waals surface area contributed by atoms with E-state index in [-0.39, 0.29) is 5.91 Å². The van der Waals surface area contributed by atoms with Gasteiger partial charge in [0.25, 0.3) is 5.91 Å². The van der Waals surface area contributed by atoms with Gasteiger partial charge in [0.15, 0.2) is 0 Å². The Kier molecular flexibility index (Phi) is 3.68. The lowest BCUT2D eigenvalue weighted by atomic mass is 9.85. The van der Waals surface area contributed by atoms with Crippen LogP contribution in [-0.2, 0) is 6.42 Å². The van der Waals surface area contributed by atoms with Gasteiger partial charge in [-0.15, -0.1) is 5.10 Å². The molecule has 0 spiro atoms. The van der Waals surface area contributed by atoms with Crippen molar-refractivity contribution >= 4 is 5.91 Å². The van der Waals surface area contributed by atoms with E-state index >= 15 is 0 Å². The van der Waals surface area contributed by atoms with Gasteiger partial charge in [0.05, 0.1) is 0 Å². The first kappa shape index (κ1) is 13.1. The Hall–Kier alpha value is -1.39. The van der Waals surface area contributed by atoms with Gasteiger partial charge < -0.3 is 4.90 Å². The highest BCUT2D eigenvalue weighted by molar-refractivity contribution is 5.90. The molecule has 18 heavy (non-hydrogen) atoms. The number of nitrogens with one attached hydrogen (secondary N) is 1. The molecule has 0 unspecified atom stereocenters. The van der Waals surface area contributed by atoms with Crippen LogP contribution in [0.1, 0.15) is 56.5 Å². The monoisotopic (exact) mass is 250 g/mol. The summed E-state index contributed by atoms with van der Waals surface area (Å²) in [6, 6.07) is 0. The summed E-state index contributed by atoms with van der Waals surface area (Å²) in [7, 11) is 0. The van der Waals surface area contributed by atoms with E-state index in [1.54, 1.807) is 0 Å². The second-order valence-corrected chi connectivity index (χ2v) is 5.77. The number of hydrogen-bond acceptors (Lipinski definition) is 3. The van der Waals surface area contributed by atoms with Gasteiger partial charge in [0, 0.05) is 19.5 Å². The second-order valence-electron chi connectivity index (χ2n) is 5.77. The maximum Gasteiger partial charge on any atom is 0.293 e. The van der Waals surface area contributed by atoms with Crippen LogP contribution in [0.4, 0.5) is 0 Å². The van der Waals surface area contributed by atoms with Crippen molar-refractivity contribution in [2.75, 3.05) is 13.1 Å². The number of H-pyrrole nitrogens is 1. The zero-order valence-electron chi connectivity index (χ0n) is 11.5. The maximum absolute atomic E-state index is 12.3. The number of aryl methyl sites for hydroxylation is 1. The van der Waals surface area contributed by atoms with E-state index in [0.717, 1.165) is 38.2 Å². The van der Waals surface area contributed by atoms with E-state index in [1.807, 2.05) is 11.8 Å². The van der Waals surface area contributed by atoms with Gasteiger partial charge in [-0.3, -0.25) is 9.89 Å². The predicted molar refractivity (Wildman–Crippen MR) is 69.3 cm³/mol. The minimum Gasteiger partial charge on any atom is -0.336 e. The van der Waals surface area contributed by atoms with Crippen LogP contribution in [0.2, 0.25) is 0 Å². The van der Waals surface area contributed by atoms with Crippen molar-refractivity contribution in [1.82, 2.24) is 20.1 Å². The molecular weight excluding hydrogens is 228 g/mol. The smallest absolute Gasteiger partial charge is 0.293 e. The molecule has 0 aromatic carbocycles. The minimum atomic E-state index is -0.0383. The molecule has 0 aliphatic carbocycles. The van der Waals surface area contributed by atoms with Crippen LogP contribution in [0, 0.1) is 5.41 Å². The normalized spacial score (nSPS) is 19.6. The Morgan fingerprint density at radius 2 is 2.17 bits per heavy atom. The zero-order valence-corrected chi connectivity index (χ0v) is 11.5. The number of carbonyl (C=O) groups excluding carboxylic acids is 1. The lowest BCUT2D eigenvalue weighted by Gasteiger charge is -2.22. The van der Waals surface area contributed by atoms with Gasteiger partial charge >= 0.3 is 0 Å². The van der Waals surface area contributed by atoms with Crippen LogP contribution in [-0.4, -0.2) is 39.1 Å². The first-order valence-corrected chi connectivity index (χ1v) is 6.72. The number of aromatic nitrogens is 3. The molecule has 1 aliphatic rings. The summed E-state index contributed by atoms with van der Waals surface area (Å²) in [5.41, 5.74) is 0.336. The Balaban J connectivity index is 2.05. The standard InChI is InChI=1S/C13H22N4O/c1-4-10-14-11(16-15-10)12(18)17-8-5-6-13(2,3)7-9-17/h4-9H2,1-3H3,(H,14,15,16). The van der Waals surface area contributed by atoms with Crippen LogP contribution in [0.3, 0.4) is 0 Å². The van der Waals surface area contributed by atoms with Gasteiger partial charge in [-0.25, -0.2) is 4.98 Å². The number of likely N-dealkylation sites (tertiary alicyclic amines) is 1. The predicted octanol–water partition coefficient (Wildman–Crippen LogP) is 2.02. The van der Waals surface area contributed by atoms with Crippen LogP contribution >= 0.6 is 0 Å². The van der Waals surface area contributed by atoms with Gasteiger partial charge in [0.1, 0.15) is 5.82 Å². The first-order chi connectivity index (χ1) is 8.52. The number of nitrogens with zero attached hydrogens (tertiary/aromatic N) is 3.